The summed E-state index contributed by atoms with van der Waals surface area (Å²) in [5.74, 6) is 0. The van der Waals surface area contributed by atoms with Gasteiger partial charge in [0.1, 0.15) is 4.99 Å². The smallest absolute Gasteiger partial charge is 0.106 e. The Kier molecular flexibility index (Phi) is 4.10. The van der Waals surface area contributed by atoms with Gasteiger partial charge in [-0.3, -0.25) is 0 Å². The van der Waals surface area contributed by atoms with Gasteiger partial charge in [-0.05, 0) is 53.4 Å². The number of benzene rings is 1. The maximum Gasteiger partial charge on any atom is 0.106 e. The molecule has 5 heteroatoms. The van der Waals surface area contributed by atoms with Crippen molar-refractivity contribution in [3.8, 4) is 0 Å². The zero-order chi connectivity index (χ0) is 14.1. The fraction of sp³-hybridized carbons (Fsp3) is 0.267. The summed E-state index contributed by atoms with van der Waals surface area (Å²) in [6, 6.07) is 8.98. The van der Waals surface area contributed by atoms with E-state index >= 15 is 0 Å². The number of anilines is 1. The monoisotopic (exact) mass is 366 g/mol. The Labute approximate surface area is 136 Å². The predicted molar refractivity (Wildman–Crippen MR) is 93.6 cm³/mol. The van der Waals surface area contributed by atoms with E-state index in [4.69, 9.17) is 18.0 Å². The van der Waals surface area contributed by atoms with Crippen LogP contribution in [0.1, 0.15) is 24.0 Å². The number of nitrogens with zero attached hydrogens (tertiary/aromatic N) is 1. The topological polar surface area (TPSA) is 29.3 Å². The molecular formula is C15H15BrN2S2. The Morgan fingerprint density at radius 3 is 2.80 bits per heavy atom. The van der Waals surface area contributed by atoms with Crippen LogP contribution >= 0.6 is 39.5 Å². The average molecular weight is 367 g/mol. The van der Waals surface area contributed by atoms with Gasteiger partial charge in [0.15, 0.2) is 0 Å². The summed E-state index contributed by atoms with van der Waals surface area (Å²) < 4.78 is 1.01. The van der Waals surface area contributed by atoms with Crippen molar-refractivity contribution in [1.29, 1.82) is 0 Å². The molecule has 0 amide bonds. The quantitative estimate of drug-likeness (QED) is 0.799. The zero-order valence-corrected chi connectivity index (χ0v) is 14.1. The molecule has 1 saturated carbocycles. The molecule has 20 heavy (non-hydrogen) atoms. The van der Waals surface area contributed by atoms with E-state index in [2.05, 4.69) is 49.8 Å². The van der Waals surface area contributed by atoms with Gasteiger partial charge in [-0.2, -0.15) is 11.3 Å². The molecule has 3 rings (SSSR count). The summed E-state index contributed by atoms with van der Waals surface area (Å²) in [6.07, 6.45) is 2.49. The van der Waals surface area contributed by atoms with Crippen LogP contribution in [-0.2, 0) is 6.54 Å². The Morgan fingerprint density at radius 2 is 2.20 bits per heavy atom. The second-order valence-corrected chi connectivity index (χ2v) is 7.15. The van der Waals surface area contributed by atoms with Crippen molar-refractivity contribution in [2.75, 3.05) is 4.90 Å². The van der Waals surface area contributed by atoms with E-state index in [-0.39, 0.29) is 0 Å². The van der Waals surface area contributed by atoms with Gasteiger partial charge in [0.2, 0.25) is 0 Å². The highest BCUT2D eigenvalue weighted by Gasteiger charge is 2.30. The molecule has 1 aromatic heterocycles. The number of halogens is 1. The van der Waals surface area contributed by atoms with E-state index < -0.39 is 0 Å². The lowest BCUT2D eigenvalue weighted by Crippen LogP contribution is -2.27. The van der Waals surface area contributed by atoms with E-state index in [0.717, 1.165) is 22.3 Å². The largest absolute Gasteiger partial charge is 0.389 e. The van der Waals surface area contributed by atoms with Crippen LogP contribution in [0.4, 0.5) is 5.69 Å². The van der Waals surface area contributed by atoms with E-state index in [1.54, 1.807) is 11.3 Å². The van der Waals surface area contributed by atoms with Crippen LogP contribution in [0.2, 0.25) is 0 Å². The summed E-state index contributed by atoms with van der Waals surface area (Å²) >= 11 is 10.4. The Hall–Kier alpha value is -0.910. The van der Waals surface area contributed by atoms with Gasteiger partial charge < -0.3 is 10.6 Å². The van der Waals surface area contributed by atoms with E-state index in [1.165, 1.54) is 18.4 Å². The minimum atomic E-state index is 0.456. The van der Waals surface area contributed by atoms with E-state index in [0.29, 0.717) is 11.0 Å². The number of thiophene rings is 1. The molecule has 0 spiro atoms. The lowest BCUT2D eigenvalue weighted by molar-refractivity contribution is 0.795. The first-order valence-electron chi connectivity index (χ1n) is 6.52. The Morgan fingerprint density at radius 1 is 1.40 bits per heavy atom. The normalized spacial score (nSPS) is 14.2. The van der Waals surface area contributed by atoms with Crippen LogP contribution in [0.3, 0.4) is 0 Å². The van der Waals surface area contributed by atoms with Crippen LogP contribution in [0.25, 0.3) is 0 Å². The molecule has 2 N–H and O–H groups in total. The highest BCUT2D eigenvalue weighted by molar-refractivity contribution is 9.10. The van der Waals surface area contributed by atoms with Crippen LogP contribution in [0, 0.1) is 0 Å². The predicted octanol–water partition coefficient (Wildman–Crippen LogP) is 4.31. The Bertz CT molecular complexity index is 621. The van der Waals surface area contributed by atoms with Crippen LogP contribution in [-0.4, -0.2) is 11.0 Å². The van der Waals surface area contributed by atoms with Crippen LogP contribution in [0.15, 0.2) is 39.5 Å². The molecule has 0 saturated heterocycles. The Balaban J connectivity index is 1.97. The van der Waals surface area contributed by atoms with Crippen molar-refractivity contribution in [3.05, 3.63) is 50.6 Å². The first kappa shape index (κ1) is 14.0. The third-order valence-corrected chi connectivity index (χ3v) is 4.90. The van der Waals surface area contributed by atoms with E-state index in [9.17, 15) is 0 Å². The number of hydrogen-bond acceptors (Lipinski definition) is 3. The minimum absolute atomic E-state index is 0.456. The SMILES string of the molecule is NC(=S)c1cc(Br)ccc1N(Cc1ccsc1)C1CC1. The number of nitrogens with two attached hydrogens (primary N) is 1. The first-order valence-corrected chi connectivity index (χ1v) is 8.66. The van der Waals surface area contributed by atoms with Crippen molar-refractivity contribution in [3.63, 3.8) is 0 Å². The summed E-state index contributed by atoms with van der Waals surface area (Å²) in [5, 5.41) is 4.32. The van der Waals surface area contributed by atoms with E-state index in [1.807, 2.05) is 6.07 Å². The van der Waals surface area contributed by atoms with Gasteiger partial charge in [0, 0.05) is 28.3 Å². The molecule has 0 atom stereocenters. The first-order chi connectivity index (χ1) is 9.65. The van der Waals surface area contributed by atoms with Gasteiger partial charge in [0.25, 0.3) is 0 Å². The number of thiocarbonyl (C=S) groups is 1. The van der Waals surface area contributed by atoms with Crippen molar-refractivity contribution < 1.29 is 0 Å². The van der Waals surface area contributed by atoms with Crippen molar-refractivity contribution in [2.24, 2.45) is 5.73 Å². The molecule has 0 unspecified atom stereocenters. The lowest BCUT2D eigenvalue weighted by atomic mass is 10.1. The van der Waals surface area contributed by atoms with Crippen LogP contribution < -0.4 is 10.6 Å². The molecule has 1 aliphatic rings. The maximum atomic E-state index is 5.90. The van der Waals surface area contributed by atoms with Gasteiger partial charge in [-0.15, -0.1) is 0 Å². The highest BCUT2D eigenvalue weighted by atomic mass is 79.9. The minimum Gasteiger partial charge on any atom is -0.389 e. The summed E-state index contributed by atoms with van der Waals surface area (Å²) in [6.45, 7) is 0.922. The second-order valence-electron chi connectivity index (χ2n) is 5.02. The molecule has 1 heterocycles. The summed E-state index contributed by atoms with van der Waals surface area (Å²) in [7, 11) is 0. The van der Waals surface area contributed by atoms with Crippen molar-refractivity contribution in [2.45, 2.75) is 25.4 Å². The summed E-state index contributed by atoms with van der Waals surface area (Å²) in [5.41, 5.74) is 9.35. The third kappa shape index (κ3) is 3.05. The van der Waals surface area contributed by atoms with Crippen molar-refractivity contribution >= 4 is 50.2 Å². The highest BCUT2D eigenvalue weighted by Crippen LogP contribution is 2.36. The van der Waals surface area contributed by atoms with Gasteiger partial charge in [-0.25, -0.2) is 0 Å². The molecule has 0 bridgehead atoms. The molecule has 2 aromatic rings. The molecule has 2 nitrogen and oxygen atoms in total. The number of rotatable bonds is 5. The van der Waals surface area contributed by atoms with Crippen molar-refractivity contribution in [1.82, 2.24) is 0 Å². The zero-order valence-electron chi connectivity index (χ0n) is 10.9. The summed E-state index contributed by atoms with van der Waals surface area (Å²) in [4.78, 5) is 2.89. The average Bonchev–Trinajstić information content (AvgIpc) is 3.13. The maximum absolute atomic E-state index is 5.90. The molecule has 0 aliphatic heterocycles. The number of hydrogen-bond donors (Lipinski definition) is 1. The molecule has 104 valence electrons. The molecule has 1 aliphatic carbocycles. The molecule has 1 fully saturated rings. The fourth-order valence-electron chi connectivity index (χ4n) is 2.33. The molecular weight excluding hydrogens is 352 g/mol. The molecule has 0 radical (unpaired) electrons. The lowest BCUT2D eigenvalue weighted by Gasteiger charge is -2.27. The molecule has 1 aromatic carbocycles. The second kappa shape index (κ2) is 5.84. The van der Waals surface area contributed by atoms with Crippen LogP contribution in [0.5, 0.6) is 0 Å². The van der Waals surface area contributed by atoms with Gasteiger partial charge in [-0.1, -0.05) is 28.1 Å². The standard InChI is InChI=1S/C15H15BrN2S2/c16-11-1-4-14(13(7-11)15(17)19)18(12-2-3-12)8-10-5-6-20-9-10/h1,4-7,9,12H,2-3,8H2,(H2,17,19). The van der Waals surface area contributed by atoms with Gasteiger partial charge in [0.05, 0.1) is 0 Å². The fourth-order valence-corrected chi connectivity index (χ4v) is 3.52. The third-order valence-electron chi connectivity index (χ3n) is 3.45. The van der Waals surface area contributed by atoms with Gasteiger partial charge >= 0.3 is 0 Å².